The summed E-state index contributed by atoms with van der Waals surface area (Å²) in [6.07, 6.45) is 7.21. The Hall–Kier alpha value is -1.34. The SMILES string of the molecule is CCCCCCC(C)C(C#N)(CCCC)S(=O)(=O)c1ccccc1. The predicted octanol–water partition coefficient (Wildman–Crippen LogP) is 5.52. The van der Waals surface area contributed by atoms with E-state index in [2.05, 4.69) is 13.0 Å². The molecular weight excluding hydrogens is 318 g/mol. The van der Waals surface area contributed by atoms with Crippen LogP contribution in [-0.4, -0.2) is 13.2 Å². The maximum atomic E-state index is 13.3. The van der Waals surface area contributed by atoms with Crippen molar-refractivity contribution in [2.75, 3.05) is 0 Å². The molecular formula is C20H31NO2S. The van der Waals surface area contributed by atoms with Gasteiger partial charge in [-0.2, -0.15) is 5.26 Å². The van der Waals surface area contributed by atoms with Gasteiger partial charge in [0.1, 0.15) is 0 Å². The fourth-order valence-corrected chi connectivity index (χ4v) is 5.35. The molecule has 24 heavy (non-hydrogen) atoms. The summed E-state index contributed by atoms with van der Waals surface area (Å²) in [6, 6.07) is 10.7. The second kappa shape index (κ2) is 9.84. The highest BCUT2D eigenvalue weighted by Crippen LogP contribution is 2.39. The molecule has 0 aliphatic carbocycles. The number of nitrogens with zero attached hydrogens (tertiary/aromatic N) is 1. The van der Waals surface area contributed by atoms with E-state index in [9.17, 15) is 13.7 Å². The summed E-state index contributed by atoms with van der Waals surface area (Å²) in [7, 11) is -3.69. The Bertz CT molecular complexity index is 619. The van der Waals surface area contributed by atoms with E-state index in [1.807, 2.05) is 13.8 Å². The Morgan fingerprint density at radius 2 is 1.67 bits per heavy atom. The third kappa shape index (κ3) is 4.60. The molecule has 0 fully saturated rings. The summed E-state index contributed by atoms with van der Waals surface area (Å²) in [6.45, 7) is 6.12. The molecule has 2 atom stereocenters. The molecule has 0 spiro atoms. The van der Waals surface area contributed by atoms with Crippen LogP contribution in [0.2, 0.25) is 0 Å². The van der Waals surface area contributed by atoms with Crippen molar-refractivity contribution in [2.24, 2.45) is 5.92 Å². The normalized spacial score (nSPS) is 15.4. The minimum absolute atomic E-state index is 0.170. The van der Waals surface area contributed by atoms with Crippen LogP contribution in [0.1, 0.15) is 72.1 Å². The first-order chi connectivity index (χ1) is 11.5. The zero-order chi connectivity index (χ0) is 18.1. The molecule has 0 heterocycles. The molecule has 1 rings (SSSR count). The van der Waals surface area contributed by atoms with Crippen LogP contribution >= 0.6 is 0 Å². The lowest BCUT2D eigenvalue weighted by Gasteiger charge is -2.32. The molecule has 0 aliphatic rings. The minimum atomic E-state index is -3.69. The maximum Gasteiger partial charge on any atom is 0.197 e. The number of hydrogen-bond donors (Lipinski definition) is 0. The van der Waals surface area contributed by atoms with Crippen molar-refractivity contribution in [3.63, 3.8) is 0 Å². The molecule has 0 radical (unpaired) electrons. The van der Waals surface area contributed by atoms with Gasteiger partial charge in [-0.3, -0.25) is 0 Å². The number of sulfone groups is 1. The van der Waals surface area contributed by atoms with Crippen LogP contribution in [0, 0.1) is 17.2 Å². The molecule has 4 heteroatoms. The van der Waals surface area contributed by atoms with E-state index in [1.165, 1.54) is 0 Å². The Morgan fingerprint density at radius 1 is 1.04 bits per heavy atom. The molecule has 1 aromatic carbocycles. The van der Waals surface area contributed by atoms with Crippen molar-refractivity contribution in [3.05, 3.63) is 30.3 Å². The van der Waals surface area contributed by atoms with Gasteiger partial charge < -0.3 is 0 Å². The van der Waals surface area contributed by atoms with Gasteiger partial charge in [0.15, 0.2) is 14.6 Å². The van der Waals surface area contributed by atoms with Crippen LogP contribution in [0.4, 0.5) is 0 Å². The lowest BCUT2D eigenvalue weighted by molar-refractivity contribution is 0.376. The maximum absolute atomic E-state index is 13.3. The van der Waals surface area contributed by atoms with Crippen LogP contribution in [-0.2, 0) is 9.84 Å². The van der Waals surface area contributed by atoms with Crippen LogP contribution in [0.3, 0.4) is 0 Å². The van der Waals surface area contributed by atoms with E-state index in [0.717, 1.165) is 44.9 Å². The smallest absolute Gasteiger partial charge is 0.197 e. The number of benzene rings is 1. The van der Waals surface area contributed by atoms with Gasteiger partial charge in [-0.15, -0.1) is 0 Å². The van der Waals surface area contributed by atoms with Crippen molar-refractivity contribution in [2.45, 2.75) is 81.8 Å². The third-order valence-corrected chi connectivity index (χ3v) is 7.46. The average molecular weight is 350 g/mol. The van der Waals surface area contributed by atoms with E-state index in [0.29, 0.717) is 6.42 Å². The second-order valence-corrected chi connectivity index (χ2v) is 8.88. The molecule has 2 unspecified atom stereocenters. The number of unbranched alkanes of at least 4 members (excludes halogenated alkanes) is 4. The molecule has 0 bridgehead atoms. The lowest BCUT2D eigenvalue weighted by atomic mass is 9.85. The zero-order valence-corrected chi connectivity index (χ0v) is 16.1. The van der Waals surface area contributed by atoms with Crippen molar-refractivity contribution in [1.29, 1.82) is 5.26 Å². The van der Waals surface area contributed by atoms with Gasteiger partial charge in [-0.1, -0.05) is 77.5 Å². The summed E-state index contributed by atoms with van der Waals surface area (Å²) < 4.78 is 25.3. The molecule has 134 valence electrons. The number of nitriles is 1. The van der Waals surface area contributed by atoms with Crippen molar-refractivity contribution in [3.8, 4) is 6.07 Å². The van der Waals surface area contributed by atoms with Crippen molar-refractivity contribution < 1.29 is 8.42 Å². The first-order valence-corrected chi connectivity index (χ1v) is 10.7. The van der Waals surface area contributed by atoms with Gasteiger partial charge in [-0.25, -0.2) is 8.42 Å². The van der Waals surface area contributed by atoms with E-state index >= 15 is 0 Å². The number of hydrogen-bond acceptors (Lipinski definition) is 3. The van der Waals surface area contributed by atoms with Crippen LogP contribution in [0.15, 0.2) is 35.2 Å². The van der Waals surface area contributed by atoms with Gasteiger partial charge in [0.25, 0.3) is 0 Å². The molecule has 0 amide bonds. The van der Waals surface area contributed by atoms with Gasteiger partial charge in [0, 0.05) is 0 Å². The van der Waals surface area contributed by atoms with Gasteiger partial charge >= 0.3 is 0 Å². The Morgan fingerprint density at radius 3 is 2.21 bits per heavy atom. The zero-order valence-electron chi connectivity index (χ0n) is 15.3. The highest BCUT2D eigenvalue weighted by molar-refractivity contribution is 7.93. The van der Waals surface area contributed by atoms with Crippen LogP contribution in [0.5, 0.6) is 0 Å². The third-order valence-electron chi connectivity index (χ3n) is 4.91. The second-order valence-electron chi connectivity index (χ2n) is 6.67. The highest BCUT2D eigenvalue weighted by atomic mass is 32.2. The molecule has 0 saturated carbocycles. The standard InChI is InChI=1S/C20H31NO2S/c1-4-6-8-10-13-18(3)20(17-21,16-7-5-2)24(22,23)19-14-11-9-12-15-19/h9,11-12,14-15,18H,4-8,10,13,16H2,1-3H3. The van der Waals surface area contributed by atoms with Crippen molar-refractivity contribution in [1.82, 2.24) is 0 Å². The lowest BCUT2D eigenvalue weighted by Crippen LogP contribution is -2.43. The molecule has 1 aromatic rings. The average Bonchev–Trinajstić information content (AvgIpc) is 2.60. The Labute approximate surface area is 148 Å². The summed E-state index contributed by atoms with van der Waals surface area (Å²) in [5.41, 5.74) is 0. The summed E-state index contributed by atoms with van der Waals surface area (Å²) in [5.74, 6) is -0.170. The molecule has 3 nitrogen and oxygen atoms in total. The summed E-state index contributed by atoms with van der Waals surface area (Å²) in [5, 5.41) is 9.94. The highest BCUT2D eigenvalue weighted by Gasteiger charge is 2.48. The molecule has 0 saturated heterocycles. The van der Waals surface area contributed by atoms with Gasteiger partial charge in [0.2, 0.25) is 0 Å². The number of rotatable bonds is 11. The fourth-order valence-electron chi connectivity index (χ4n) is 3.23. The minimum Gasteiger partial charge on any atom is -0.222 e. The van der Waals surface area contributed by atoms with Gasteiger partial charge in [-0.05, 0) is 30.9 Å². The largest absolute Gasteiger partial charge is 0.222 e. The monoisotopic (exact) mass is 349 g/mol. The molecule has 0 aromatic heterocycles. The first-order valence-electron chi connectivity index (χ1n) is 9.17. The summed E-state index contributed by atoms with van der Waals surface area (Å²) >= 11 is 0. The van der Waals surface area contributed by atoms with E-state index < -0.39 is 14.6 Å². The van der Waals surface area contributed by atoms with Crippen LogP contribution in [0.25, 0.3) is 0 Å². The Balaban J connectivity index is 3.16. The van der Waals surface area contributed by atoms with Crippen LogP contribution < -0.4 is 0 Å². The quantitative estimate of drug-likeness (QED) is 0.494. The Kier molecular flexibility index (Phi) is 8.48. The van der Waals surface area contributed by atoms with Gasteiger partial charge in [0.05, 0.1) is 11.0 Å². The summed E-state index contributed by atoms with van der Waals surface area (Å²) in [4.78, 5) is 0.267. The first kappa shape index (κ1) is 20.7. The topological polar surface area (TPSA) is 57.9 Å². The van der Waals surface area contributed by atoms with E-state index in [-0.39, 0.29) is 10.8 Å². The molecule has 0 N–H and O–H groups in total. The fraction of sp³-hybridized carbons (Fsp3) is 0.650. The van der Waals surface area contributed by atoms with Crippen molar-refractivity contribution >= 4 is 9.84 Å². The van der Waals surface area contributed by atoms with E-state index in [1.54, 1.807) is 30.3 Å². The predicted molar refractivity (Wildman–Crippen MR) is 99.4 cm³/mol. The van der Waals surface area contributed by atoms with E-state index in [4.69, 9.17) is 0 Å². The molecule has 0 aliphatic heterocycles.